The quantitative estimate of drug-likeness (QED) is 0.371. The fourth-order valence-electron chi connectivity index (χ4n) is 4.09. The van der Waals surface area contributed by atoms with Gasteiger partial charge in [0.2, 0.25) is 0 Å². The van der Waals surface area contributed by atoms with Crippen LogP contribution in [0.5, 0.6) is 5.75 Å². The first-order chi connectivity index (χ1) is 16.8. The van der Waals surface area contributed by atoms with Crippen molar-refractivity contribution in [2.45, 2.75) is 32.7 Å². The molecule has 7 heteroatoms. The fraction of sp³-hybridized carbons (Fsp3) is 0.250. The second kappa shape index (κ2) is 10.3. The largest absolute Gasteiger partial charge is 0.489 e. The minimum absolute atomic E-state index is 0.223. The van der Waals surface area contributed by atoms with Crippen LogP contribution >= 0.6 is 11.3 Å². The monoisotopic (exact) mass is 488 g/mol. The number of carbonyl (C=O) groups excluding carboxylic acids is 1. The molecule has 0 N–H and O–H groups in total. The van der Waals surface area contributed by atoms with Gasteiger partial charge in [-0.15, -0.1) is 0 Å². The molecule has 3 aromatic rings. The van der Waals surface area contributed by atoms with E-state index < -0.39 is 12.0 Å². The average Bonchev–Trinajstić information content (AvgIpc) is 3.16. The number of benzene rings is 2. The number of aromatic nitrogens is 1. The van der Waals surface area contributed by atoms with Crippen LogP contribution in [0.25, 0.3) is 6.08 Å². The maximum atomic E-state index is 13.7. The van der Waals surface area contributed by atoms with Crippen LogP contribution in [0.15, 0.2) is 82.2 Å². The van der Waals surface area contributed by atoms with E-state index in [1.54, 1.807) is 23.6 Å². The molecule has 4 rings (SSSR count). The number of para-hydroxylation sites is 1. The molecule has 35 heavy (non-hydrogen) atoms. The van der Waals surface area contributed by atoms with E-state index >= 15 is 0 Å². The smallest absolute Gasteiger partial charge is 0.338 e. The van der Waals surface area contributed by atoms with E-state index in [9.17, 15) is 9.59 Å². The maximum Gasteiger partial charge on any atom is 0.338 e. The molecule has 0 spiro atoms. The third-order valence-electron chi connectivity index (χ3n) is 5.91. The van der Waals surface area contributed by atoms with E-state index in [1.807, 2.05) is 48.5 Å². The molecule has 1 aliphatic heterocycles. The SMILES string of the molecule is C=CCOc1ccccc1C=c1sc2n(c1=O)[C@H](c1ccc(C(C)C)cc1)C(C(=O)OC)=C(C)N=2. The standard InChI is InChI=1S/C28H28N2O4S/c1-6-15-34-22-10-8-7-9-21(22)16-23-26(31)30-25(20-13-11-19(12-14-20)17(2)3)24(27(32)33-5)18(4)29-28(30)35-23/h6-14,16-17,25H,1,15H2,2-5H3/t25-/m1/s1. The Bertz CT molecular complexity index is 1480. The summed E-state index contributed by atoms with van der Waals surface area (Å²) in [5.41, 5.74) is 3.46. The number of methoxy groups -OCH3 is 1. The second-order valence-electron chi connectivity index (χ2n) is 8.53. The Kier molecular flexibility index (Phi) is 7.17. The number of ether oxygens (including phenoxy) is 2. The number of hydrogen-bond donors (Lipinski definition) is 0. The summed E-state index contributed by atoms with van der Waals surface area (Å²) in [4.78, 5) is 31.7. The Morgan fingerprint density at radius 3 is 2.57 bits per heavy atom. The van der Waals surface area contributed by atoms with Gasteiger partial charge in [-0.25, -0.2) is 9.79 Å². The molecule has 1 aromatic heterocycles. The van der Waals surface area contributed by atoms with Crippen LogP contribution in [-0.2, 0) is 9.53 Å². The molecule has 0 saturated carbocycles. The van der Waals surface area contributed by atoms with Crippen molar-refractivity contribution in [3.63, 3.8) is 0 Å². The summed E-state index contributed by atoms with van der Waals surface area (Å²) in [6, 6.07) is 14.9. The van der Waals surface area contributed by atoms with E-state index in [-0.39, 0.29) is 5.56 Å². The number of hydrogen-bond acceptors (Lipinski definition) is 6. The van der Waals surface area contributed by atoms with Crippen LogP contribution in [0, 0.1) is 0 Å². The molecule has 0 radical (unpaired) electrons. The third-order valence-corrected chi connectivity index (χ3v) is 6.89. The number of rotatable bonds is 7. The summed E-state index contributed by atoms with van der Waals surface area (Å²) < 4.78 is 12.9. The Morgan fingerprint density at radius 2 is 1.91 bits per heavy atom. The van der Waals surface area contributed by atoms with Crippen LogP contribution in [0.3, 0.4) is 0 Å². The zero-order chi connectivity index (χ0) is 25.1. The van der Waals surface area contributed by atoms with E-state index in [4.69, 9.17) is 9.47 Å². The van der Waals surface area contributed by atoms with Crippen molar-refractivity contribution in [3.05, 3.63) is 109 Å². The summed E-state index contributed by atoms with van der Waals surface area (Å²) in [5, 5.41) is 0. The topological polar surface area (TPSA) is 69.9 Å². The number of allylic oxidation sites excluding steroid dienone is 1. The summed E-state index contributed by atoms with van der Waals surface area (Å²) in [6.45, 7) is 10.1. The molecular formula is C28H28N2O4S. The minimum Gasteiger partial charge on any atom is -0.489 e. The number of nitrogens with zero attached hydrogens (tertiary/aromatic N) is 2. The average molecular weight is 489 g/mol. The maximum absolute atomic E-state index is 13.7. The highest BCUT2D eigenvalue weighted by atomic mass is 32.1. The molecule has 1 aliphatic rings. The van der Waals surface area contributed by atoms with Crippen molar-refractivity contribution < 1.29 is 14.3 Å². The molecule has 0 bridgehead atoms. The predicted octanol–water partition coefficient (Wildman–Crippen LogP) is 4.10. The first-order valence-corrected chi connectivity index (χ1v) is 12.2. The van der Waals surface area contributed by atoms with Gasteiger partial charge in [0.25, 0.3) is 5.56 Å². The Morgan fingerprint density at radius 1 is 1.20 bits per heavy atom. The lowest BCUT2D eigenvalue weighted by Gasteiger charge is -2.24. The van der Waals surface area contributed by atoms with Gasteiger partial charge in [-0.1, -0.05) is 80.3 Å². The van der Waals surface area contributed by atoms with Crippen LogP contribution < -0.4 is 19.6 Å². The van der Waals surface area contributed by atoms with Crippen LogP contribution in [0.1, 0.15) is 49.4 Å². The Hall–Kier alpha value is -3.71. The van der Waals surface area contributed by atoms with Crippen LogP contribution in [-0.4, -0.2) is 24.3 Å². The molecule has 2 heterocycles. The molecule has 0 aliphatic carbocycles. The van der Waals surface area contributed by atoms with E-state index in [0.29, 0.717) is 38.9 Å². The summed E-state index contributed by atoms with van der Waals surface area (Å²) >= 11 is 1.29. The summed E-state index contributed by atoms with van der Waals surface area (Å²) in [7, 11) is 1.34. The molecule has 180 valence electrons. The van der Waals surface area contributed by atoms with Crippen LogP contribution in [0.4, 0.5) is 0 Å². The molecule has 2 aromatic carbocycles. The molecule has 0 unspecified atom stereocenters. The zero-order valence-electron chi connectivity index (χ0n) is 20.3. The fourth-order valence-corrected chi connectivity index (χ4v) is 5.13. The molecule has 0 fully saturated rings. The van der Waals surface area contributed by atoms with E-state index in [2.05, 4.69) is 25.4 Å². The number of carbonyl (C=O) groups is 1. The molecule has 0 saturated heterocycles. The normalized spacial score (nSPS) is 15.6. The third kappa shape index (κ3) is 4.77. The predicted molar refractivity (Wildman–Crippen MR) is 138 cm³/mol. The number of fused-ring (bicyclic) bond motifs is 1. The highest BCUT2D eigenvalue weighted by Gasteiger charge is 2.33. The van der Waals surface area contributed by atoms with Gasteiger partial charge in [-0.2, -0.15) is 0 Å². The highest BCUT2D eigenvalue weighted by Crippen LogP contribution is 2.31. The highest BCUT2D eigenvalue weighted by molar-refractivity contribution is 7.07. The van der Waals surface area contributed by atoms with Gasteiger partial charge >= 0.3 is 5.97 Å². The molecule has 0 amide bonds. The van der Waals surface area contributed by atoms with Crippen molar-refractivity contribution in [2.75, 3.05) is 13.7 Å². The first-order valence-electron chi connectivity index (χ1n) is 11.4. The van der Waals surface area contributed by atoms with Crippen LogP contribution in [0.2, 0.25) is 0 Å². The van der Waals surface area contributed by atoms with Crippen molar-refractivity contribution >= 4 is 23.4 Å². The van der Waals surface area contributed by atoms with Gasteiger partial charge in [0, 0.05) is 5.56 Å². The first kappa shape index (κ1) is 24.4. The lowest BCUT2D eigenvalue weighted by Crippen LogP contribution is -2.39. The van der Waals surface area contributed by atoms with Crippen molar-refractivity contribution in [1.29, 1.82) is 0 Å². The lowest BCUT2D eigenvalue weighted by molar-refractivity contribution is -0.136. The molecule has 1 atom stereocenters. The second-order valence-corrected chi connectivity index (χ2v) is 9.54. The van der Waals surface area contributed by atoms with Gasteiger partial charge in [0.15, 0.2) is 4.80 Å². The summed E-state index contributed by atoms with van der Waals surface area (Å²) in [5.74, 6) is 0.527. The Balaban J connectivity index is 1.92. The van der Waals surface area contributed by atoms with Crippen molar-refractivity contribution in [2.24, 2.45) is 4.99 Å². The van der Waals surface area contributed by atoms with E-state index in [1.165, 1.54) is 24.0 Å². The zero-order valence-corrected chi connectivity index (χ0v) is 21.1. The van der Waals surface area contributed by atoms with E-state index in [0.717, 1.165) is 11.1 Å². The lowest BCUT2D eigenvalue weighted by atomic mass is 9.93. The number of thiazole rings is 1. The molecular weight excluding hydrogens is 460 g/mol. The van der Waals surface area contributed by atoms with Gasteiger partial charge in [0.05, 0.1) is 29.0 Å². The van der Waals surface area contributed by atoms with Gasteiger partial charge < -0.3 is 9.47 Å². The van der Waals surface area contributed by atoms with Crippen molar-refractivity contribution in [3.8, 4) is 5.75 Å². The van der Waals surface area contributed by atoms with Crippen molar-refractivity contribution in [1.82, 2.24) is 4.57 Å². The number of esters is 1. The van der Waals surface area contributed by atoms with Gasteiger partial charge in [-0.05, 0) is 36.1 Å². The van der Waals surface area contributed by atoms with Gasteiger partial charge in [-0.3, -0.25) is 9.36 Å². The molecule has 6 nitrogen and oxygen atoms in total. The Labute approximate surface area is 208 Å². The van der Waals surface area contributed by atoms with Gasteiger partial charge in [0.1, 0.15) is 12.4 Å². The summed E-state index contributed by atoms with van der Waals surface area (Å²) in [6.07, 6.45) is 3.48. The minimum atomic E-state index is -0.630.